The average Bonchev–Trinajstić information content (AvgIpc) is 2.56. The molecule has 3 nitrogen and oxygen atoms in total. The second-order valence-corrected chi connectivity index (χ2v) is 7.85. The molecule has 0 radical (unpaired) electrons. The maximum atomic E-state index is 12.7. The number of para-hydroxylation sites is 1. The summed E-state index contributed by atoms with van der Waals surface area (Å²) in [7, 11) is -3.90. The molecule has 0 bridgehead atoms. The summed E-state index contributed by atoms with van der Waals surface area (Å²) in [5.41, 5.74) is 0.993. The van der Waals surface area contributed by atoms with Crippen molar-refractivity contribution in [3.05, 3.63) is 84.4 Å². The summed E-state index contributed by atoms with van der Waals surface area (Å²) in [4.78, 5) is 1.79. The molecule has 0 spiro atoms. The number of benzene rings is 3. The highest BCUT2D eigenvalue weighted by molar-refractivity contribution is 8.00. The lowest BCUT2D eigenvalue weighted by Gasteiger charge is -2.12. The fourth-order valence-corrected chi connectivity index (χ4v) is 4.55. The number of rotatable bonds is 5. The molecule has 0 aliphatic heterocycles. The maximum absolute atomic E-state index is 12.7. The smallest absolute Gasteiger partial charge is 0.340 e. The minimum Gasteiger partial charge on any atom is -0.379 e. The van der Waals surface area contributed by atoms with Crippen LogP contribution in [0.15, 0.2) is 93.5 Å². The fourth-order valence-electron chi connectivity index (χ4n) is 2.16. The number of hydrogen-bond acceptors (Lipinski definition) is 4. The second-order valence-electron chi connectivity index (χ2n) is 5.22. The first-order valence-electron chi connectivity index (χ1n) is 7.38. The van der Waals surface area contributed by atoms with E-state index in [0.29, 0.717) is 10.6 Å². The van der Waals surface area contributed by atoms with E-state index >= 15 is 0 Å². The quantitative estimate of drug-likeness (QED) is 0.609. The molecule has 0 atom stereocenters. The summed E-state index contributed by atoms with van der Waals surface area (Å²) in [5.74, 6) is 0.300. The van der Waals surface area contributed by atoms with E-state index in [9.17, 15) is 8.42 Å². The van der Waals surface area contributed by atoms with Gasteiger partial charge >= 0.3 is 10.1 Å². The highest BCUT2D eigenvalue weighted by Crippen LogP contribution is 2.34. The van der Waals surface area contributed by atoms with Crippen LogP contribution in [0.1, 0.15) is 5.56 Å². The predicted molar refractivity (Wildman–Crippen MR) is 96.0 cm³/mol. The van der Waals surface area contributed by atoms with Gasteiger partial charge in [0.25, 0.3) is 0 Å². The molecular formula is C19H16O3S2. The normalized spacial score (nSPS) is 11.2. The first kappa shape index (κ1) is 16.6. The molecule has 5 heteroatoms. The largest absolute Gasteiger partial charge is 0.379 e. The van der Waals surface area contributed by atoms with Gasteiger partial charge in [0.15, 0.2) is 0 Å². The van der Waals surface area contributed by atoms with Gasteiger partial charge in [-0.3, -0.25) is 0 Å². The van der Waals surface area contributed by atoms with Crippen molar-refractivity contribution >= 4 is 21.9 Å². The molecule has 0 saturated heterocycles. The molecule has 3 aromatic rings. The van der Waals surface area contributed by atoms with E-state index < -0.39 is 10.1 Å². The molecule has 0 aromatic heterocycles. The SMILES string of the molecule is Cc1ccc(S(=O)(=O)Oc2ccccc2)c(Sc2ccccc2)c1. The van der Waals surface area contributed by atoms with Gasteiger partial charge in [-0.2, -0.15) is 8.42 Å². The van der Waals surface area contributed by atoms with E-state index in [-0.39, 0.29) is 4.90 Å². The molecule has 0 aliphatic carbocycles. The highest BCUT2D eigenvalue weighted by Gasteiger charge is 2.21. The second kappa shape index (κ2) is 7.11. The van der Waals surface area contributed by atoms with E-state index in [1.165, 1.54) is 11.8 Å². The van der Waals surface area contributed by atoms with Crippen LogP contribution < -0.4 is 4.18 Å². The highest BCUT2D eigenvalue weighted by atomic mass is 32.2. The molecule has 0 unspecified atom stereocenters. The fraction of sp³-hybridized carbons (Fsp3) is 0.0526. The van der Waals surface area contributed by atoms with E-state index in [4.69, 9.17) is 4.18 Å². The van der Waals surface area contributed by atoms with Crippen LogP contribution in [0.2, 0.25) is 0 Å². The standard InChI is InChI=1S/C19H16O3S2/c1-15-12-13-19(18(14-15)23-17-10-6-3-7-11-17)24(20,21)22-16-8-4-2-5-9-16/h2-14H,1H3. The monoisotopic (exact) mass is 356 g/mol. The molecule has 0 N–H and O–H groups in total. The first-order valence-corrected chi connectivity index (χ1v) is 9.60. The first-order chi connectivity index (χ1) is 11.5. The van der Waals surface area contributed by atoms with Gasteiger partial charge in [-0.1, -0.05) is 54.2 Å². The summed E-state index contributed by atoms with van der Waals surface area (Å²) in [6, 6.07) is 23.4. The van der Waals surface area contributed by atoms with Crippen LogP contribution >= 0.6 is 11.8 Å². The molecule has 0 saturated carbocycles. The zero-order valence-electron chi connectivity index (χ0n) is 13.0. The third kappa shape index (κ3) is 3.99. The summed E-state index contributed by atoms with van der Waals surface area (Å²) < 4.78 is 30.6. The molecular weight excluding hydrogens is 340 g/mol. The van der Waals surface area contributed by atoms with Crippen molar-refractivity contribution in [3.63, 3.8) is 0 Å². The summed E-state index contributed by atoms with van der Waals surface area (Å²) in [6.07, 6.45) is 0. The zero-order valence-corrected chi connectivity index (χ0v) is 14.7. The van der Waals surface area contributed by atoms with E-state index in [1.54, 1.807) is 36.4 Å². The van der Waals surface area contributed by atoms with Gasteiger partial charge in [0.1, 0.15) is 10.6 Å². The Labute approximate surface area is 146 Å². The Morgan fingerprint density at radius 3 is 2.12 bits per heavy atom. The molecule has 0 aliphatic rings. The Hall–Kier alpha value is -2.24. The van der Waals surface area contributed by atoms with E-state index in [2.05, 4.69) is 0 Å². The summed E-state index contributed by atoms with van der Waals surface area (Å²) in [5, 5.41) is 0. The molecule has 24 heavy (non-hydrogen) atoms. The van der Waals surface area contributed by atoms with E-state index in [0.717, 1.165) is 10.5 Å². The van der Waals surface area contributed by atoms with Crippen molar-refractivity contribution in [3.8, 4) is 5.75 Å². The Balaban J connectivity index is 1.98. The topological polar surface area (TPSA) is 43.4 Å². The van der Waals surface area contributed by atoms with Gasteiger partial charge < -0.3 is 4.18 Å². The predicted octanol–water partition coefficient (Wildman–Crippen LogP) is 4.91. The molecule has 0 amide bonds. The zero-order chi connectivity index (χ0) is 17.0. The van der Waals surface area contributed by atoms with Gasteiger partial charge in [-0.15, -0.1) is 0 Å². The Kier molecular flexibility index (Phi) is 4.92. The third-order valence-electron chi connectivity index (χ3n) is 3.29. The van der Waals surface area contributed by atoms with Crippen molar-refractivity contribution in [2.75, 3.05) is 0 Å². The lowest BCUT2D eigenvalue weighted by molar-refractivity contribution is 0.484. The minimum atomic E-state index is -3.90. The van der Waals surface area contributed by atoms with Crippen LogP contribution in [0.3, 0.4) is 0 Å². The van der Waals surface area contributed by atoms with Gasteiger partial charge in [0.05, 0.1) is 0 Å². The van der Waals surface area contributed by atoms with Crippen LogP contribution in [0.4, 0.5) is 0 Å². The Morgan fingerprint density at radius 1 is 0.833 bits per heavy atom. The Morgan fingerprint density at radius 2 is 1.46 bits per heavy atom. The molecule has 0 fully saturated rings. The summed E-state index contributed by atoms with van der Waals surface area (Å²) >= 11 is 1.41. The van der Waals surface area contributed by atoms with Crippen LogP contribution in [0.25, 0.3) is 0 Å². The lowest BCUT2D eigenvalue weighted by atomic mass is 10.2. The van der Waals surface area contributed by atoms with Gasteiger partial charge in [-0.25, -0.2) is 0 Å². The van der Waals surface area contributed by atoms with Crippen LogP contribution in [0.5, 0.6) is 5.75 Å². The van der Waals surface area contributed by atoms with Crippen LogP contribution in [-0.4, -0.2) is 8.42 Å². The van der Waals surface area contributed by atoms with Gasteiger partial charge in [0, 0.05) is 9.79 Å². The third-order valence-corrected chi connectivity index (χ3v) is 5.79. The number of hydrogen-bond donors (Lipinski definition) is 0. The minimum absolute atomic E-state index is 0.172. The Bertz CT molecular complexity index is 921. The molecule has 3 aromatic carbocycles. The number of aryl methyl sites for hydroxylation is 1. The van der Waals surface area contributed by atoms with Gasteiger partial charge in [-0.05, 0) is 48.9 Å². The van der Waals surface area contributed by atoms with E-state index in [1.807, 2.05) is 49.4 Å². The van der Waals surface area contributed by atoms with Crippen molar-refractivity contribution < 1.29 is 12.6 Å². The molecule has 122 valence electrons. The van der Waals surface area contributed by atoms with Crippen molar-refractivity contribution in [2.24, 2.45) is 0 Å². The van der Waals surface area contributed by atoms with Crippen molar-refractivity contribution in [1.29, 1.82) is 0 Å². The lowest BCUT2D eigenvalue weighted by Crippen LogP contribution is -2.11. The van der Waals surface area contributed by atoms with Crippen LogP contribution in [-0.2, 0) is 10.1 Å². The maximum Gasteiger partial charge on any atom is 0.340 e. The van der Waals surface area contributed by atoms with Crippen molar-refractivity contribution in [2.45, 2.75) is 21.6 Å². The summed E-state index contributed by atoms with van der Waals surface area (Å²) in [6.45, 7) is 1.93. The van der Waals surface area contributed by atoms with Crippen molar-refractivity contribution in [1.82, 2.24) is 0 Å². The molecule has 3 rings (SSSR count). The average molecular weight is 356 g/mol. The van der Waals surface area contributed by atoms with Gasteiger partial charge in [0.2, 0.25) is 0 Å². The van der Waals surface area contributed by atoms with Crippen LogP contribution in [0, 0.1) is 6.92 Å². The molecule has 0 heterocycles.